The first kappa shape index (κ1) is 13.7. The summed E-state index contributed by atoms with van der Waals surface area (Å²) in [4.78, 5) is 12.2. The number of anilines is 3. The summed E-state index contributed by atoms with van der Waals surface area (Å²) in [5.74, 6) is 0.314. The van der Waals surface area contributed by atoms with Gasteiger partial charge >= 0.3 is 0 Å². The van der Waals surface area contributed by atoms with Gasteiger partial charge in [-0.15, -0.1) is 0 Å². The maximum atomic E-state index is 12.2. The number of nitrogens with two attached hydrogens (primary N) is 2. The van der Waals surface area contributed by atoms with Gasteiger partial charge in [0.25, 0.3) is 5.91 Å². The Balaban J connectivity index is 2.29. The lowest BCUT2D eigenvalue weighted by molar-refractivity contribution is 0.102. The molecule has 0 radical (unpaired) electrons. The molecule has 0 saturated heterocycles. The number of hydrogen-bond acceptors (Lipinski definition) is 4. The van der Waals surface area contributed by atoms with E-state index in [0.717, 1.165) is 5.56 Å². The minimum atomic E-state index is -0.284. The number of aryl methyl sites for hydroxylation is 1. The molecule has 5 nitrogen and oxygen atoms in total. The number of benzene rings is 2. The molecule has 0 unspecified atom stereocenters. The first-order chi connectivity index (χ1) is 9.49. The Morgan fingerprint density at radius 1 is 1.10 bits per heavy atom. The van der Waals surface area contributed by atoms with E-state index in [0.29, 0.717) is 28.4 Å². The summed E-state index contributed by atoms with van der Waals surface area (Å²) in [6, 6.07) is 10.3. The fourth-order valence-electron chi connectivity index (χ4n) is 1.92. The van der Waals surface area contributed by atoms with E-state index in [1.807, 2.05) is 19.1 Å². The van der Waals surface area contributed by atoms with Crippen LogP contribution in [0.15, 0.2) is 36.4 Å². The van der Waals surface area contributed by atoms with Crippen LogP contribution in [0.5, 0.6) is 5.75 Å². The lowest BCUT2D eigenvalue weighted by Crippen LogP contribution is -2.13. The maximum absolute atomic E-state index is 12.2. The minimum Gasteiger partial charge on any atom is -0.495 e. The average Bonchev–Trinajstić information content (AvgIpc) is 2.37. The van der Waals surface area contributed by atoms with Crippen molar-refractivity contribution in [2.45, 2.75) is 6.92 Å². The summed E-state index contributed by atoms with van der Waals surface area (Å²) < 4.78 is 5.22. The number of amides is 1. The molecule has 0 aromatic heterocycles. The first-order valence-electron chi connectivity index (χ1n) is 6.11. The van der Waals surface area contributed by atoms with Gasteiger partial charge in [0.1, 0.15) is 5.75 Å². The highest BCUT2D eigenvalue weighted by atomic mass is 16.5. The van der Waals surface area contributed by atoms with Gasteiger partial charge in [0.05, 0.1) is 12.8 Å². The number of carbonyl (C=O) groups is 1. The van der Waals surface area contributed by atoms with Crippen LogP contribution in [0.1, 0.15) is 15.9 Å². The largest absolute Gasteiger partial charge is 0.495 e. The van der Waals surface area contributed by atoms with Crippen LogP contribution in [0, 0.1) is 6.92 Å². The van der Waals surface area contributed by atoms with Crippen LogP contribution >= 0.6 is 0 Å². The van der Waals surface area contributed by atoms with Crippen molar-refractivity contribution >= 4 is 23.0 Å². The number of nitrogens with one attached hydrogen (secondary N) is 1. The van der Waals surface area contributed by atoms with E-state index in [2.05, 4.69) is 5.32 Å². The van der Waals surface area contributed by atoms with Gasteiger partial charge in [-0.1, -0.05) is 6.07 Å². The van der Waals surface area contributed by atoms with Gasteiger partial charge in [-0.05, 0) is 42.8 Å². The molecule has 0 fully saturated rings. The van der Waals surface area contributed by atoms with Crippen LogP contribution < -0.4 is 21.5 Å². The standard InChI is InChI=1S/C15H17N3O2/c1-9-3-4-14(20-2)13(5-9)18-15(19)10-6-11(16)8-12(17)7-10/h3-8H,16-17H2,1-2H3,(H,18,19). The summed E-state index contributed by atoms with van der Waals surface area (Å²) >= 11 is 0. The van der Waals surface area contributed by atoms with E-state index in [4.69, 9.17) is 16.2 Å². The molecule has 104 valence electrons. The second kappa shape index (κ2) is 5.52. The molecule has 5 N–H and O–H groups in total. The van der Waals surface area contributed by atoms with E-state index in [9.17, 15) is 4.79 Å². The van der Waals surface area contributed by atoms with E-state index in [1.54, 1.807) is 31.4 Å². The third kappa shape index (κ3) is 3.00. The molecule has 0 aliphatic rings. The van der Waals surface area contributed by atoms with Crippen LogP contribution in [-0.4, -0.2) is 13.0 Å². The van der Waals surface area contributed by atoms with Crippen molar-refractivity contribution in [3.05, 3.63) is 47.5 Å². The van der Waals surface area contributed by atoms with Gasteiger partial charge in [0.15, 0.2) is 0 Å². The quantitative estimate of drug-likeness (QED) is 0.748. The highest BCUT2D eigenvalue weighted by Crippen LogP contribution is 2.26. The number of hydrogen-bond donors (Lipinski definition) is 3. The lowest BCUT2D eigenvalue weighted by Gasteiger charge is -2.11. The van der Waals surface area contributed by atoms with Crippen LogP contribution in [0.25, 0.3) is 0 Å². The SMILES string of the molecule is COc1ccc(C)cc1NC(=O)c1cc(N)cc(N)c1. The lowest BCUT2D eigenvalue weighted by atomic mass is 10.1. The van der Waals surface area contributed by atoms with Crippen molar-refractivity contribution in [3.63, 3.8) is 0 Å². The molecule has 2 aromatic carbocycles. The number of methoxy groups -OCH3 is 1. The highest BCUT2D eigenvalue weighted by molar-refractivity contribution is 6.06. The molecule has 0 bridgehead atoms. The van der Waals surface area contributed by atoms with E-state index >= 15 is 0 Å². The molecule has 0 heterocycles. The molecule has 1 amide bonds. The molecule has 20 heavy (non-hydrogen) atoms. The Kier molecular flexibility index (Phi) is 3.79. The van der Waals surface area contributed by atoms with Crippen molar-refractivity contribution in [2.24, 2.45) is 0 Å². The van der Waals surface area contributed by atoms with E-state index in [1.165, 1.54) is 0 Å². The van der Waals surface area contributed by atoms with Gasteiger partial charge in [-0.2, -0.15) is 0 Å². The third-order valence-corrected chi connectivity index (χ3v) is 2.84. The number of ether oxygens (including phenoxy) is 1. The van der Waals surface area contributed by atoms with Gasteiger partial charge < -0.3 is 21.5 Å². The Bertz CT molecular complexity index is 633. The van der Waals surface area contributed by atoms with Crippen LogP contribution in [0.3, 0.4) is 0 Å². The van der Waals surface area contributed by atoms with Crippen molar-refractivity contribution in [1.29, 1.82) is 0 Å². The molecule has 0 spiro atoms. The topological polar surface area (TPSA) is 90.4 Å². The fourth-order valence-corrected chi connectivity index (χ4v) is 1.92. The smallest absolute Gasteiger partial charge is 0.255 e. The highest BCUT2D eigenvalue weighted by Gasteiger charge is 2.11. The van der Waals surface area contributed by atoms with Gasteiger partial charge in [-0.3, -0.25) is 4.79 Å². The summed E-state index contributed by atoms with van der Waals surface area (Å²) in [5.41, 5.74) is 14.3. The van der Waals surface area contributed by atoms with Crippen molar-refractivity contribution < 1.29 is 9.53 Å². The molecular weight excluding hydrogens is 254 g/mol. The molecule has 2 rings (SSSR count). The summed E-state index contributed by atoms with van der Waals surface area (Å²) in [6.07, 6.45) is 0. The van der Waals surface area contributed by atoms with Gasteiger partial charge in [-0.25, -0.2) is 0 Å². The predicted molar refractivity (Wildman–Crippen MR) is 81.0 cm³/mol. The molecule has 0 aliphatic heterocycles. The Morgan fingerprint density at radius 2 is 1.75 bits per heavy atom. The monoisotopic (exact) mass is 271 g/mol. The molecule has 0 atom stereocenters. The van der Waals surface area contributed by atoms with Gasteiger partial charge in [0.2, 0.25) is 0 Å². The average molecular weight is 271 g/mol. The van der Waals surface area contributed by atoms with Crippen molar-refractivity contribution in [3.8, 4) is 5.75 Å². The second-order valence-electron chi connectivity index (χ2n) is 4.55. The van der Waals surface area contributed by atoms with Crippen LogP contribution in [0.2, 0.25) is 0 Å². The maximum Gasteiger partial charge on any atom is 0.255 e. The molecule has 5 heteroatoms. The van der Waals surface area contributed by atoms with E-state index in [-0.39, 0.29) is 5.91 Å². The number of nitrogen functional groups attached to an aromatic ring is 2. The summed E-state index contributed by atoms with van der Waals surface area (Å²) in [5, 5.41) is 2.80. The van der Waals surface area contributed by atoms with Crippen LogP contribution in [-0.2, 0) is 0 Å². The number of carbonyl (C=O) groups excluding carboxylic acids is 1. The van der Waals surface area contributed by atoms with Gasteiger partial charge in [0, 0.05) is 16.9 Å². The normalized spacial score (nSPS) is 10.1. The Labute approximate surface area is 117 Å². The molecular formula is C15H17N3O2. The molecule has 0 saturated carbocycles. The summed E-state index contributed by atoms with van der Waals surface area (Å²) in [7, 11) is 1.55. The van der Waals surface area contributed by atoms with Crippen molar-refractivity contribution in [2.75, 3.05) is 23.9 Å². The minimum absolute atomic E-state index is 0.284. The fraction of sp³-hybridized carbons (Fsp3) is 0.133. The van der Waals surface area contributed by atoms with Crippen molar-refractivity contribution in [1.82, 2.24) is 0 Å². The molecule has 0 aliphatic carbocycles. The Morgan fingerprint density at radius 3 is 2.35 bits per heavy atom. The zero-order valence-corrected chi connectivity index (χ0v) is 11.4. The van der Waals surface area contributed by atoms with E-state index < -0.39 is 0 Å². The first-order valence-corrected chi connectivity index (χ1v) is 6.11. The second-order valence-corrected chi connectivity index (χ2v) is 4.55. The zero-order chi connectivity index (χ0) is 14.7. The molecule has 2 aromatic rings. The number of rotatable bonds is 3. The van der Waals surface area contributed by atoms with Crippen LogP contribution in [0.4, 0.5) is 17.1 Å². The zero-order valence-electron chi connectivity index (χ0n) is 11.4. The Hall–Kier alpha value is -2.69. The third-order valence-electron chi connectivity index (χ3n) is 2.84. The summed E-state index contributed by atoms with van der Waals surface area (Å²) in [6.45, 7) is 1.94. The predicted octanol–water partition coefficient (Wildman–Crippen LogP) is 2.42.